The van der Waals surface area contributed by atoms with Gasteiger partial charge < -0.3 is 5.32 Å². The summed E-state index contributed by atoms with van der Waals surface area (Å²) in [7, 11) is 1.83. The van der Waals surface area contributed by atoms with Gasteiger partial charge in [-0.05, 0) is 42.9 Å². The topological polar surface area (TPSA) is 50.2 Å². The van der Waals surface area contributed by atoms with Gasteiger partial charge in [-0.25, -0.2) is 0 Å². The third kappa shape index (κ3) is 2.57. The zero-order valence-corrected chi connectivity index (χ0v) is 12.5. The minimum absolute atomic E-state index is 0.158. The molecule has 1 aliphatic heterocycles. The van der Waals surface area contributed by atoms with Crippen molar-refractivity contribution in [2.24, 2.45) is 7.05 Å². The summed E-state index contributed by atoms with van der Waals surface area (Å²) < 4.78 is 1.68. The van der Waals surface area contributed by atoms with Crippen molar-refractivity contribution in [2.45, 2.75) is 6.92 Å². The molecule has 5 nitrogen and oxygen atoms in total. The minimum atomic E-state index is -0.158. The molecule has 106 valence electrons. The van der Waals surface area contributed by atoms with Crippen molar-refractivity contribution in [2.75, 3.05) is 4.90 Å². The normalized spacial score (nSPS) is 16.7. The number of benzene rings is 1. The van der Waals surface area contributed by atoms with Gasteiger partial charge in [0.15, 0.2) is 5.11 Å². The summed E-state index contributed by atoms with van der Waals surface area (Å²) in [4.78, 5) is 14.0. The van der Waals surface area contributed by atoms with E-state index in [1.54, 1.807) is 17.0 Å². The van der Waals surface area contributed by atoms with E-state index in [9.17, 15) is 4.79 Å². The number of hydrogen-bond donors (Lipinski definition) is 1. The first-order valence-electron chi connectivity index (χ1n) is 6.47. The lowest BCUT2D eigenvalue weighted by atomic mass is 10.2. The number of carbonyl (C=O) groups is 1. The highest BCUT2D eigenvalue weighted by atomic mass is 32.1. The summed E-state index contributed by atoms with van der Waals surface area (Å²) in [5.41, 5.74) is 3.15. The molecule has 21 heavy (non-hydrogen) atoms. The van der Waals surface area contributed by atoms with E-state index in [1.807, 2.05) is 44.4 Å². The smallest absolute Gasteiger partial charge is 0.281 e. The number of amides is 1. The Hall–Kier alpha value is -2.47. The number of thiocarbonyl (C=S) groups is 1. The first-order valence-corrected chi connectivity index (χ1v) is 6.88. The standard InChI is InChI=1S/C15H14N4OS/c1-10-4-3-5-12(6-10)19-14(20)13(17-15(19)21)7-11-8-16-18(2)9-11/h3-9H,1-2H3,(H,17,21). The summed E-state index contributed by atoms with van der Waals surface area (Å²) in [6, 6.07) is 7.68. The van der Waals surface area contributed by atoms with Gasteiger partial charge in [0.05, 0.1) is 11.9 Å². The average molecular weight is 298 g/mol. The van der Waals surface area contributed by atoms with E-state index >= 15 is 0 Å². The van der Waals surface area contributed by atoms with Gasteiger partial charge in [-0.1, -0.05) is 12.1 Å². The number of rotatable bonds is 2. The Bertz CT molecular complexity index is 763. The Labute approximate surface area is 127 Å². The Balaban J connectivity index is 1.94. The Morgan fingerprint density at radius 2 is 2.19 bits per heavy atom. The molecule has 3 rings (SSSR count). The fraction of sp³-hybridized carbons (Fsp3) is 0.133. The summed E-state index contributed by atoms with van der Waals surface area (Å²) in [5.74, 6) is -0.158. The van der Waals surface area contributed by atoms with E-state index in [-0.39, 0.29) is 5.91 Å². The van der Waals surface area contributed by atoms with Gasteiger partial charge in [0.1, 0.15) is 5.70 Å². The molecule has 6 heteroatoms. The van der Waals surface area contributed by atoms with E-state index in [0.29, 0.717) is 10.8 Å². The molecule has 0 spiro atoms. The molecule has 0 aliphatic carbocycles. The molecule has 2 aromatic rings. The monoisotopic (exact) mass is 298 g/mol. The number of nitrogens with zero attached hydrogens (tertiary/aromatic N) is 3. The zero-order chi connectivity index (χ0) is 15.0. The maximum Gasteiger partial charge on any atom is 0.281 e. The molecule has 1 N–H and O–H groups in total. The van der Waals surface area contributed by atoms with Crippen LogP contribution in [-0.2, 0) is 11.8 Å². The van der Waals surface area contributed by atoms with Crippen molar-refractivity contribution in [1.29, 1.82) is 0 Å². The molecule has 1 saturated heterocycles. The summed E-state index contributed by atoms with van der Waals surface area (Å²) in [6.07, 6.45) is 5.28. The second kappa shape index (κ2) is 5.14. The molecule has 1 aromatic heterocycles. The van der Waals surface area contributed by atoms with Crippen LogP contribution >= 0.6 is 12.2 Å². The van der Waals surface area contributed by atoms with Crippen LogP contribution in [0.2, 0.25) is 0 Å². The van der Waals surface area contributed by atoms with Crippen molar-refractivity contribution in [1.82, 2.24) is 15.1 Å². The number of aryl methyl sites for hydroxylation is 2. The molecule has 0 bridgehead atoms. The van der Waals surface area contributed by atoms with Crippen LogP contribution in [-0.4, -0.2) is 20.8 Å². The summed E-state index contributed by atoms with van der Waals surface area (Å²) in [5, 5.41) is 7.43. The van der Waals surface area contributed by atoms with Crippen molar-refractivity contribution < 1.29 is 4.79 Å². The van der Waals surface area contributed by atoms with Gasteiger partial charge in [0.2, 0.25) is 0 Å². The highest BCUT2D eigenvalue weighted by Gasteiger charge is 2.31. The Morgan fingerprint density at radius 3 is 2.86 bits per heavy atom. The van der Waals surface area contributed by atoms with E-state index in [2.05, 4.69) is 10.4 Å². The van der Waals surface area contributed by atoms with Crippen molar-refractivity contribution in [3.05, 3.63) is 53.5 Å². The zero-order valence-electron chi connectivity index (χ0n) is 11.7. The van der Waals surface area contributed by atoms with E-state index in [0.717, 1.165) is 16.8 Å². The number of anilines is 1. The van der Waals surface area contributed by atoms with Crippen LogP contribution < -0.4 is 10.2 Å². The van der Waals surface area contributed by atoms with E-state index in [1.165, 1.54) is 4.90 Å². The Kier molecular flexibility index (Phi) is 3.31. The van der Waals surface area contributed by atoms with Crippen LogP contribution in [0.3, 0.4) is 0 Å². The van der Waals surface area contributed by atoms with Crippen LogP contribution in [0.25, 0.3) is 6.08 Å². The fourth-order valence-corrected chi connectivity index (χ4v) is 2.52. The predicted octanol–water partition coefficient (Wildman–Crippen LogP) is 1.99. The molecule has 0 saturated carbocycles. The van der Waals surface area contributed by atoms with Gasteiger partial charge in [0, 0.05) is 18.8 Å². The largest absolute Gasteiger partial charge is 0.327 e. The third-order valence-corrected chi connectivity index (χ3v) is 3.46. The number of nitrogens with one attached hydrogen (secondary N) is 1. The number of carbonyl (C=O) groups excluding carboxylic acids is 1. The predicted molar refractivity (Wildman–Crippen MR) is 85.6 cm³/mol. The lowest BCUT2D eigenvalue weighted by Gasteiger charge is -2.14. The second-order valence-electron chi connectivity index (χ2n) is 4.92. The van der Waals surface area contributed by atoms with Gasteiger partial charge in [0.25, 0.3) is 5.91 Å². The van der Waals surface area contributed by atoms with Gasteiger partial charge in [-0.3, -0.25) is 14.4 Å². The van der Waals surface area contributed by atoms with Crippen LogP contribution in [0.15, 0.2) is 42.4 Å². The average Bonchev–Trinajstić information content (AvgIpc) is 2.94. The van der Waals surface area contributed by atoms with Gasteiger partial charge in [-0.2, -0.15) is 5.10 Å². The number of aromatic nitrogens is 2. The van der Waals surface area contributed by atoms with Crippen molar-refractivity contribution >= 4 is 35.0 Å². The molecule has 1 aromatic carbocycles. The minimum Gasteiger partial charge on any atom is -0.327 e. The highest BCUT2D eigenvalue weighted by Crippen LogP contribution is 2.23. The summed E-state index contributed by atoms with van der Waals surface area (Å²) in [6.45, 7) is 1.98. The van der Waals surface area contributed by atoms with Crippen LogP contribution in [0, 0.1) is 6.92 Å². The molecule has 0 unspecified atom stereocenters. The van der Waals surface area contributed by atoms with E-state index in [4.69, 9.17) is 12.2 Å². The van der Waals surface area contributed by atoms with Crippen molar-refractivity contribution in [3.63, 3.8) is 0 Å². The molecule has 2 heterocycles. The summed E-state index contributed by atoms with van der Waals surface area (Å²) >= 11 is 5.27. The Morgan fingerprint density at radius 1 is 1.38 bits per heavy atom. The fourth-order valence-electron chi connectivity index (χ4n) is 2.22. The van der Waals surface area contributed by atoms with Gasteiger partial charge in [-0.15, -0.1) is 0 Å². The molecule has 1 aliphatic rings. The lowest BCUT2D eigenvalue weighted by Crippen LogP contribution is -2.30. The van der Waals surface area contributed by atoms with Crippen molar-refractivity contribution in [3.8, 4) is 0 Å². The highest BCUT2D eigenvalue weighted by molar-refractivity contribution is 7.80. The van der Waals surface area contributed by atoms with Crippen LogP contribution in [0.4, 0.5) is 5.69 Å². The maximum atomic E-state index is 12.5. The third-order valence-electron chi connectivity index (χ3n) is 3.17. The molecule has 1 fully saturated rings. The molecule has 1 amide bonds. The lowest BCUT2D eigenvalue weighted by molar-refractivity contribution is -0.113. The van der Waals surface area contributed by atoms with Crippen LogP contribution in [0.5, 0.6) is 0 Å². The van der Waals surface area contributed by atoms with E-state index < -0.39 is 0 Å². The molecule has 0 atom stereocenters. The molecule has 0 radical (unpaired) electrons. The second-order valence-corrected chi connectivity index (χ2v) is 5.30. The van der Waals surface area contributed by atoms with Gasteiger partial charge >= 0.3 is 0 Å². The SMILES string of the molecule is Cc1cccc(N2C(=O)C(=Cc3cnn(C)c3)NC2=S)c1. The number of hydrogen-bond acceptors (Lipinski definition) is 3. The quantitative estimate of drug-likeness (QED) is 0.680. The maximum absolute atomic E-state index is 12.5. The molecular formula is C15H14N4OS. The molecular weight excluding hydrogens is 284 g/mol. The first-order chi connectivity index (χ1) is 10.0. The van der Waals surface area contributed by atoms with Crippen LogP contribution in [0.1, 0.15) is 11.1 Å². The first kappa shape index (κ1) is 13.5.